The van der Waals surface area contributed by atoms with Crippen LogP contribution < -0.4 is 0 Å². The van der Waals surface area contributed by atoms with E-state index in [4.69, 9.17) is 0 Å². The third-order valence-electron chi connectivity index (χ3n) is 5.11. The summed E-state index contributed by atoms with van der Waals surface area (Å²) in [5.74, 6) is -1.56. The topological polar surface area (TPSA) is 95.0 Å². The second kappa shape index (κ2) is 7.82. The fourth-order valence-corrected chi connectivity index (χ4v) is 5.55. The number of carbonyl (C=O) groups excluding carboxylic acids is 1. The average molecular weight is 360 g/mol. The Morgan fingerprint density at radius 3 is 2.54 bits per heavy atom. The minimum Gasteiger partial charge on any atom is -0.481 e. The molecular weight excluding hydrogens is 332 g/mol. The number of aliphatic carboxylic acids is 1. The highest BCUT2D eigenvalue weighted by Gasteiger charge is 2.36. The molecule has 0 bridgehead atoms. The molecule has 0 aromatic rings. The highest BCUT2D eigenvalue weighted by Crippen LogP contribution is 2.26. The Hall–Kier alpha value is -1.15. The fraction of sp³-hybridized carbons (Fsp3) is 0.875. The summed E-state index contributed by atoms with van der Waals surface area (Å²) in [6.45, 7) is 4.55. The number of carboxylic acid groups (broad SMARTS) is 1. The highest BCUT2D eigenvalue weighted by molar-refractivity contribution is 7.89. The second-order valence-corrected chi connectivity index (χ2v) is 9.25. The third-order valence-corrected chi connectivity index (χ3v) is 6.95. The zero-order valence-corrected chi connectivity index (χ0v) is 15.3. The van der Waals surface area contributed by atoms with Crippen LogP contribution >= 0.6 is 0 Å². The molecule has 2 aliphatic rings. The van der Waals surface area contributed by atoms with Crippen molar-refractivity contribution in [3.05, 3.63) is 0 Å². The molecule has 2 fully saturated rings. The molecular formula is C16H28N2O5S. The molecule has 24 heavy (non-hydrogen) atoms. The molecule has 2 heterocycles. The summed E-state index contributed by atoms with van der Waals surface area (Å²) in [4.78, 5) is 24.7. The van der Waals surface area contributed by atoms with Gasteiger partial charge in [0.1, 0.15) is 0 Å². The van der Waals surface area contributed by atoms with E-state index in [0.29, 0.717) is 25.9 Å². The van der Waals surface area contributed by atoms with E-state index < -0.39 is 21.9 Å². The molecule has 0 saturated carbocycles. The van der Waals surface area contributed by atoms with Gasteiger partial charge in [-0.25, -0.2) is 12.7 Å². The zero-order chi connectivity index (χ0) is 17.9. The van der Waals surface area contributed by atoms with Crippen LogP contribution in [0.3, 0.4) is 0 Å². The van der Waals surface area contributed by atoms with Gasteiger partial charge in [0.05, 0.1) is 11.7 Å². The maximum atomic E-state index is 12.6. The molecule has 1 N–H and O–H groups in total. The Labute approximate surface area is 144 Å². The summed E-state index contributed by atoms with van der Waals surface area (Å²) in [5.41, 5.74) is 0. The number of likely N-dealkylation sites (tertiary alicyclic amines) is 1. The van der Waals surface area contributed by atoms with E-state index in [2.05, 4.69) is 0 Å². The molecule has 0 aromatic carbocycles. The maximum Gasteiger partial charge on any atom is 0.307 e. The van der Waals surface area contributed by atoms with Crippen molar-refractivity contribution in [2.24, 2.45) is 11.8 Å². The molecule has 2 saturated heterocycles. The van der Waals surface area contributed by atoms with Gasteiger partial charge in [-0.2, -0.15) is 0 Å². The largest absolute Gasteiger partial charge is 0.481 e. The van der Waals surface area contributed by atoms with E-state index in [9.17, 15) is 23.1 Å². The molecule has 7 nitrogen and oxygen atoms in total. The van der Waals surface area contributed by atoms with E-state index in [1.165, 1.54) is 11.2 Å². The minimum atomic E-state index is -3.50. The fourth-order valence-electron chi connectivity index (χ4n) is 3.84. The van der Waals surface area contributed by atoms with E-state index in [1.807, 2.05) is 6.92 Å². The lowest BCUT2D eigenvalue weighted by Crippen LogP contribution is -2.48. The third kappa shape index (κ3) is 4.69. The molecule has 138 valence electrons. The second-order valence-electron chi connectivity index (χ2n) is 7.16. The molecule has 1 amide bonds. The van der Waals surface area contributed by atoms with Gasteiger partial charge in [0, 0.05) is 32.6 Å². The first-order chi connectivity index (χ1) is 11.2. The van der Waals surface area contributed by atoms with Crippen molar-refractivity contribution in [2.45, 2.75) is 52.0 Å². The number of hydrogen-bond acceptors (Lipinski definition) is 4. The zero-order valence-electron chi connectivity index (χ0n) is 14.5. The molecule has 3 unspecified atom stereocenters. The summed E-state index contributed by atoms with van der Waals surface area (Å²) in [6.07, 6.45) is 3.75. The van der Waals surface area contributed by atoms with E-state index in [-0.39, 0.29) is 30.2 Å². The molecule has 0 aliphatic carbocycles. The van der Waals surface area contributed by atoms with Crippen molar-refractivity contribution in [1.29, 1.82) is 0 Å². The number of piperidine rings is 2. The van der Waals surface area contributed by atoms with Crippen LogP contribution in [-0.4, -0.2) is 66.0 Å². The van der Waals surface area contributed by atoms with Crippen LogP contribution in [-0.2, 0) is 19.6 Å². The Bertz CT molecular complexity index is 577. The summed E-state index contributed by atoms with van der Waals surface area (Å²) in [5, 5.41) is 9.20. The molecule has 2 rings (SSSR count). The van der Waals surface area contributed by atoms with Gasteiger partial charge >= 0.3 is 5.97 Å². The van der Waals surface area contributed by atoms with E-state index >= 15 is 0 Å². The molecule has 0 radical (unpaired) electrons. The van der Waals surface area contributed by atoms with Crippen molar-refractivity contribution >= 4 is 21.9 Å². The van der Waals surface area contributed by atoms with Crippen LogP contribution in [0.4, 0.5) is 0 Å². The summed E-state index contributed by atoms with van der Waals surface area (Å²) in [6, 6.07) is -0.0245. The highest BCUT2D eigenvalue weighted by atomic mass is 32.2. The van der Waals surface area contributed by atoms with E-state index in [0.717, 1.165) is 19.3 Å². The normalized spacial score (nSPS) is 29.4. The molecule has 8 heteroatoms. The predicted octanol–water partition coefficient (Wildman–Crippen LogP) is 1.15. The summed E-state index contributed by atoms with van der Waals surface area (Å²) in [7, 11) is -3.50. The Kier molecular flexibility index (Phi) is 6.25. The number of sulfonamides is 1. The number of rotatable bonds is 5. The SMILES string of the molecule is CC(=O)N1CCCCC1CCS(=O)(=O)N1CC(C)CC(C(=O)O)C1. The maximum absolute atomic E-state index is 12.6. The van der Waals surface area contributed by atoms with Crippen molar-refractivity contribution in [1.82, 2.24) is 9.21 Å². The summed E-state index contributed by atoms with van der Waals surface area (Å²) >= 11 is 0. The van der Waals surface area contributed by atoms with Crippen LogP contribution in [0.25, 0.3) is 0 Å². The van der Waals surface area contributed by atoms with Crippen molar-refractivity contribution in [3.63, 3.8) is 0 Å². The van der Waals surface area contributed by atoms with Gasteiger partial charge < -0.3 is 10.0 Å². The first kappa shape index (κ1) is 19.2. The first-order valence-electron chi connectivity index (χ1n) is 8.68. The van der Waals surface area contributed by atoms with Crippen LogP contribution in [0.2, 0.25) is 0 Å². The molecule has 2 aliphatic heterocycles. The molecule has 3 atom stereocenters. The smallest absolute Gasteiger partial charge is 0.307 e. The van der Waals surface area contributed by atoms with Gasteiger partial charge in [0.25, 0.3) is 0 Å². The summed E-state index contributed by atoms with van der Waals surface area (Å²) < 4.78 is 26.6. The van der Waals surface area contributed by atoms with Crippen molar-refractivity contribution < 1.29 is 23.1 Å². The van der Waals surface area contributed by atoms with Gasteiger partial charge in [-0.3, -0.25) is 9.59 Å². The number of hydrogen-bond donors (Lipinski definition) is 1. The average Bonchev–Trinajstić information content (AvgIpc) is 2.52. The molecule has 0 aromatic heterocycles. The van der Waals surface area contributed by atoms with Gasteiger partial charge in [-0.05, 0) is 38.0 Å². The Morgan fingerprint density at radius 2 is 1.92 bits per heavy atom. The lowest BCUT2D eigenvalue weighted by atomic mass is 9.92. The Morgan fingerprint density at radius 1 is 1.21 bits per heavy atom. The number of nitrogens with zero attached hydrogens (tertiary/aromatic N) is 2. The molecule has 0 spiro atoms. The van der Waals surface area contributed by atoms with Gasteiger partial charge in [0.15, 0.2) is 0 Å². The first-order valence-corrected chi connectivity index (χ1v) is 10.3. The van der Waals surface area contributed by atoms with Gasteiger partial charge in [-0.1, -0.05) is 6.92 Å². The standard InChI is InChI=1S/C16H28N2O5S/c1-12-9-14(16(20)21)11-17(10-12)24(22,23)8-6-15-5-3-4-7-18(15)13(2)19/h12,14-15H,3-11H2,1-2H3,(H,20,21). The van der Waals surface area contributed by atoms with Crippen LogP contribution in [0.5, 0.6) is 0 Å². The van der Waals surface area contributed by atoms with Gasteiger partial charge in [-0.15, -0.1) is 0 Å². The van der Waals surface area contributed by atoms with Gasteiger partial charge in [0.2, 0.25) is 15.9 Å². The van der Waals surface area contributed by atoms with Crippen molar-refractivity contribution in [2.75, 3.05) is 25.4 Å². The Balaban J connectivity index is 1.99. The minimum absolute atomic E-state index is 0.00497. The number of carbonyl (C=O) groups is 2. The number of carboxylic acids is 1. The lowest BCUT2D eigenvalue weighted by Gasteiger charge is -2.37. The van der Waals surface area contributed by atoms with Crippen LogP contribution in [0, 0.1) is 11.8 Å². The van der Waals surface area contributed by atoms with Crippen LogP contribution in [0.1, 0.15) is 46.0 Å². The van der Waals surface area contributed by atoms with E-state index in [1.54, 1.807) is 4.90 Å². The number of amides is 1. The van der Waals surface area contributed by atoms with Crippen LogP contribution in [0.15, 0.2) is 0 Å². The monoisotopic (exact) mass is 360 g/mol. The predicted molar refractivity (Wildman–Crippen MR) is 89.9 cm³/mol. The lowest BCUT2D eigenvalue weighted by molar-refractivity contribution is -0.143. The van der Waals surface area contributed by atoms with Crippen molar-refractivity contribution in [3.8, 4) is 0 Å². The quantitative estimate of drug-likeness (QED) is 0.793.